The molecule has 2 heterocycles. The molecule has 0 saturated heterocycles. The predicted octanol–water partition coefficient (Wildman–Crippen LogP) is 2.23. The minimum absolute atomic E-state index is 0.0349. The van der Waals surface area contributed by atoms with Crippen molar-refractivity contribution in [3.8, 4) is 5.75 Å². The van der Waals surface area contributed by atoms with Crippen molar-refractivity contribution < 1.29 is 17.9 Å². The number of ether oxygens (including phenoxy) is 1. The monoisotopic (exact) mass is 329 g/mol. The molecular formula is C7H3F3IN3O. The number of hydrogen-bond donors (Lipinski definition) is 0. The van der Waals surface area contributed by atoms with E-state index in [9.17, 15) is 13.2 Å². The molecule has 0 saturated carbocycles. The van der Waals surface area contributed by atoms with Crippen LogP contribution in [0.3, 0.4) is 0 Å². The maximum atomic E-state index is 12.0. The molecule has 0 aliphatic carbocycles. The summed E-state index contributed by atoms with van der Waals surface area (Å²) in [6.45, 7) is 0. The van der Waals surface area contributed by atoms with E-state index in [-0.39, 0.29) is 11.4 Å². The third-order valence-corrected chi connectivity index (χ3v) is 2.05. The molecular weight excluding hydrogens is 326 g/mol. The van der Waals surface area contributed by atoms with E-state index in [1.54, 1.807) is 22.6 Å². The topological polar surface area (TPSA) is 39.4 Å². The van der Waals surface area contributed by atoms with Gasteiger partial charge in [-0.15, -0.1) is 13.2 Å². The van der Waals surface area contributed by atoms with Crippen molar-refractivity contribution in [3.63, 3.8) is 0 Å². The number of alkyl halides is 3. The highest BCUT2D eigenvalue weighted by molar-refractivity contribution is 14.1. The molecule has 0 amide bonds. The lowest BCUT2D eigenvalue weighted by Crippen LogP contribution is -2.18. The van der Waals surface area contributed by atoms with Gasteiger partial charge in [0, 0.05) is 18.5 Å². The molecule has 0 aromatic carbocycles. The summed E-state index contributed by atoms with van der Waals surface area (Å²) < 4.78 is 41.5. The summed E-state index contributed by atoms with van der Waals surface area (Å²) in [5.41, 5.74) is 0.0349. The Balaban J connectivity index is 2.53. The molecule has 0 unspecified atom stereocenters. The number of hydrogen-bond acceptors (Lipinski definition) is 3. The zero-order valence-electron chi connectivity index (χ0n) is 6.99. The van der Waals surface area contributed by atoms with Gasteiger partial charge in [-0.25, -0.2) is 9.50 Å². The Morgan fingerprint density at radius 1 is 1.40 bits per heavy atom. The normalized spacial score (nSPS) is 12.0. The van der Waals surface area contributed by atoms with Crippen LogP contribution in [0.2, 0.25) is 0 Å². The molecule has 15 heavy (non-hydrogen) atoms. The number of nitrogens with zero attached hydrogens (tertiary/aromatic N) is 3. The minimum atomic E-state index is -4.73. The standard InChI is InChI=1S/C7H3F3IN3O/c8-7(9,10)15-4-3-5(11)13-14-2-1-12-6(4)14/h1-3H. The van der Waals surface area contributed by atoms with Crippen LogP contribution >= 0.6 is 22.6 Å². The smallest absolute Gasteiger partial charge is 0.402 e. The first-order valence-corrected chi connectivity index (χ1v) is 4.79. The van der Waals surface area contributed by atoms with Crippen LogP contribution in [0.4, 0.5) is 13.2 Å². The number of imidazole rings is 1. The maximum absolute atomic E-state index is 12.0. The van der Waals surface area contributed by atoms with Crippen molar-refractivity contribution in [2.24, 2.45) is 0 Å². The van der Waals surface area contributed by atoms with E-state index < -0.39 is 6.36 Å². The number of aromatic nitrogens is 3. The van der Waals surface area contributed by atoms with Crippen LogP contribution in [-0.2, 0) is 0 Å². The van der Waals surface area contributed by atoms with Crippen molar-refractivity contribution in [2.45, 2.75) is 6.36 Å². The van der Waals surface area contributed by atoms with Crippen molar-refractivity contribution in [2.75, 3.05) is 0 Å². The van der Waals surface area contributed by atoms with E-state index in [2.05, 4.69) is 14.8 Å². The molecule has 0 fully saturated rings. The van der Waals surface area contributed by atoms with Crippen LogP contribution in [0, 0.1) is 3.70 Å². The maximum Gasteiger partial charge on any atom is 0.573 e. The number of rotatable bonds is 1. The van der Waals surface area contributed by atoms with Crippen molar-refractivity contribution in [1.82, 2.24) is 14.6 Å². The molecule has 0 spiro atoms. The predicted molar refractivity (Wildman–Crippen MR) is 52.4 cm³/mol. The Morgan fingerprint density at radius 3 is 2.80 bits per heavy atom. The lowest BCUT2D eigenvalue weighted by Gasteiger charge is -2.09. The van der Waals surface area contributed by atoms with Crippen molar-refractivity contribution in [1.29, 1.82) is 0 Å². The van der Waals surface area contributed by atoms with E-state index >= 15 is 0 Å². The quantitative estimate of drug-likeness (QED) is 0.754. The average Bonchev–Trinajstić information content (AvgIpc) is 2.48. The van der Waals surface area contributed by atoms with Crippen molar-refractivity contribution in [3.05, 3.63) is 22.2 Å². The van der Waals surface area contributed by atoms with Crippen LogP contribution in [-0.4, -0.2) is 21.0 Å². The Labute approximate surface area is 95.2 Å². The van der Waals surface area contributed by atoms with Crippen LogP contribution in [0.1, 0.15) is 0 Å². The van der Waals surface area contributed by atoms with Gasteiger partial charge in [0.1, 0.15) is 3.70 Å². The summed E-state index contributed by atoms with van der Waals surface area (Å²) >= 11 is 1.80. The minimum Gasteiger partial charge on any atom is -0.402 e. The molecule has 4 nitrogen and oxygen atoms in total. The SMILES string of the molecule is FC(F)(F)Oc1cc(I)nn2ccnc12. The molecule has 2 aromatic rings. The van der Waals surface area contributed by atoms with Crippen LogP contribution in [0.5, 0.6) is 5.75 Å². The second kappa shape index (κ2) is 3.51. The number of fused-ring (bicyclic) bond motifs is 1. The Kier molecular flexibility index (Phi) is 2.44. The van der Waals surface area contributed by atoms with E-state index in [0.717, 1.165) is 0 Å². The summed E-state index contributed by atoms with van der Waals surface area (Å²) in [5.74, 6) is -0.355. The highest BCUT2D eigenvalue weighted by Gasteiger charge is 2.32. The van der Waals surface area contributed by atoms with Gasteiger partial charge in [-0.3, -0.25) is 0 Å². The highest BCUT2D eigenvalue weighted by Crippen LogP contribution is 2.26. The summed E-state index contributed by atoms with van der Waals surface area (Å²) in [6.07, 6.45) is -1.93. The van der Waals surface area contributed by atoms with Gasteiger partial charge in [-0.1, -0.05) is 0 Å². The first-order valence-electron chi connectivity index (χ1n) is 3.71. The summed E-state index contributed by atoms with van der Waals surface area (Å²) in [6, 6.07) is 1.18. The van der Waals surface area contributed by atoms with E-state index in [4.69, 9.17) is 0 Å². The fourth-order valence-corrected chi connectivity index (χ4v) is 1.57. The fraction of sp³-hybridized carbons (Fsp3) is 0.143. The van der Waals surface area contributed by atoms with Gasteiger partial charge in [-0.05, 0) is 22.6 Å². The average molecular weight is 329 g/mol. The first-order chi connectivity index (χ1) is 6.96. The van der Waals surface area contributed by atoms with Crippen molar-refractivity contribution >= 4 is 28.2 Å². The first kappa shape index (κ1) is 10.5. The third-order valence-electron chi connectivity index (χ3n) is 1.52. The molecule has 80 valence electrons. The Morgan fingerprint density at radius 2 is 2.13 bits per heavy atom. The molecule has 0 atom stereocenters. The second-order valence-corrected chi connectivity index (χ2v) is 3.68. The van der Waals surface area contributed by atoms with Gasteiger partial charge in [0.05, 0.1) is 0 Å². The van der Waals surface area contributed by atoms with Crippen LogP contribution in [0.25, 0.3) is 5.65 Å². The van der Waals surface area contributed by atoms with Gasteiger partial charge in [0.2, 0.25) is 0 Å². The molecule has 0 bridgehead atoms. The Hall–Kier alpha value is -1.06. The molecule has 0 aliphatic rings. The largest absolute Gasteiger partial charge is 0.573 e. The zero-order chi connectivity index (χ0) is 11.1. The van der Waals surface area contributed by atoms with Gasteiger partial charge < -0.3 is 4.74 Å². The molecule has 2 aromatic heterocycles. The van der Waals surface area contributed by atoms with E-state index in [1.807, 2.05) is 0 Å². The molecule has 0 radical (unpaired) electrons. The van der Waals surface area contributed by atoms with Gasteiger partial charge in [0.25, 0.3) is 0 Å². The van der Waals surface area contributed by atoms with E-state index in [0.29, 0.717) is 3.70 Å². The third kappa shape index (κ3) is 2.30. The summed E-state index contributed by atoms with van der Waals surface area (Å²) in [4.78, 5) is 3.72. The molecule has 0 N–H and O–H groups in total. The molecule has 2 rings (SSSR count). The van der Waals surface area contributed by atoms with Gasteiger partial charge in [-0.2, -0.15) is 5.10 Å². The lowest BCUT2D eigenvalue weighted by molar-refractivity contribution is -0.274. The zero-order valence-corrected chi connectivity index (χ0v) is 9.15. The van der Waals surface area contributed by atoms with Gasteiger partial charge >= 0.3 is 6.36 Å². The lowest BCUT2D eigenvalue weighted by atomic mass is 10.5. The van der Waals surface area contributed by atoms with Crippen LogP contribution < -0.4 is 4.74 Å². The summed E-state index contributed by atoms with van der Waals surface area (Å²) in [7, 11) is 0. The van der Waals surface area contributed by atoms with E-state index in [1.165, 1.54) is 23.0 Å². The highest BCUT2D eigenvalue weighted by atomic mass is 127. The fourth-order valence-electron chi connectivity index (χ4n) is 1.06. The second-order valence-electron chi connectivity index (χ2n) is 2.57. The number of halogens is 4. The van der Waals surface area contributed by atoms with Crippen LogP contribution in [0.15, 0.2) is 18.5 Å². The van der Waals surface area contributed by atoms with Gasteiger partial charge in [0.15, 0.2) is 11.4 Å². The Bertz CT molecular complexity index is 496. The molecule has 8 heteroatoms. The summed E-state index contributed by atoms with van der Waals surface area (Å²) in [5, 5.41) is 3.92. The molecule has 0 aliphatic heterocycles.